The molecule has 4 aromatic rings. The second-order valence-electron chi connectivity index (χ2n) is 10.9. The van der Waals surface area contributed by atoms with Crippen molar-refractivity contribution < 1.29 is 28.3 Å². The van der Waals surface area contributed by atoms with E-state index in [9.17, 15) is 28.3 Å². The largest absolute Gasteiger partial charge is 0.508 e. The molecule has 0 spiro atoms. The van der Waals surface area contributed by atoms with Crippen LogP contribution >= 0.6 is 11.3 Å². The van der Waals surface area contributed by atoms with E-state index >= 15 is 0 Å². The molecule has 10 nitrogen and oxygen atoms in total. The summed E-state index contributed by atoms with van der Waals surface area (Å²) in [5.41, 5.74) is 3.60. The molecule has 0 bridgehead atoms. The van der Waals surface area contributed by atoms with Gasteiger partial charge in [-0.1, -0.05) is 42.5 Å². The van der Waals surface area contributed by atoms with Crippen LogP contribution in [0, 0.1) is 11.6 Å². The van der Waals surface area contributed by atoms with Crippen molar-refractivity contribution in [3.8, 4) is 5.75 Å². The number of carbonyl (C=O) groups excluding carboxylic acids is 3. The summed E-state index contributed by atoms with van der Waals surface area (Å²) in [6, 6.07) is 13.8. The number of hydrogen-bond acceptors (Lipinski definition) is 7. The maximum absolute atomic E-state index is 14.5. The number of fused-ring (bicyclic) bond motifs is 2. The van der Waals surface area contributed by atoms with Gasteiger partial charge >= 0.3 is 6.03 Å². The van der Waals surface area contributed by atoms with Gasteiger partial charge in [0, 0.05) is 31.6 Å². The van der Waals surface area contributed by atoms with Crippen LogP contribution in [-0.2, 0) is 29.1 Å². The molecular formula is C32H30F2N6O4S. The van der Waals surface area contributed by atoms with Gasteiger partial charge in [0.15, 0.2) is 0 Å². The number of aromatic nitrogens is 1. The molecule has 2 aliphatic heterocycles. The average Bonchev–Trinajstić information content (AvgIpc) is 3.53. The third-order valence-corrected chi connectivity index (χ3v) is 8.85. The highest BCUT2D eigenvalue weighted by Gasteiger charge is 2.51. The van der Waals surface area contributed by atoms with Crippen molar-refractivity contribution in [1.29, 1.82) is 0 Å². The van der Waals surface area contributed by atoms with Crippen molar-refractivity contribution in [2.45, 2.75) is 31.7 Å². The number of phenols is 1. The van der Waals surface area contributed by atoms with Crippen molar-refractivity contribution in [3.05, 3.63) is 107 Å². The Hall–Kier alpha value is -4.88. The summed E-state index contributed by atoms with van der Waals surface area (Å²) in [6.45, 7) is 3.68. The first-order valence-corrected chi connectivity index (χ1v) is 15.2. The van der Waals surface area contributed by atoms with Gasteiger partial charge in [-0.25, -0.2) is 28.6 Å². The number of hydrazine groups is 1. The third-order valence-electron chi connectivity index (χ3n) is 8.01. The molecule has 0 radical (unpaired) electrons. The number of nitrogens with one attached hydrogen (secondary N) is 1. The van der Waals surface area contributed by atoms with Crippen LogP contribution in [0.5, 0.6) is 5.75 Å². The van der Waals surface area contributed by atoms with Gasteiger partial charge in [0.25, 0.3) is 0 Å². The van der Waals surface area contributed by atoms with Crippen molar-refractivity contribution in [2.24, 2.45) is 0 Å². The highest BCUT2D eigenvalue weighted by Crippen LogP contribution is 2.31. The van der Waals surface area contributed by atoms with Gasteiger partial charge < -0.3 is 20.2 Å². The van der Waals surface area contributed by atoms with E-state index in [2.05, 4.69) is 16.9 Å². The Morgan fingerprint density at radius 3 is 2.60 bits per heavy atom. The topological polar surface area (TPSA) is 109 Å². The summed E-state index contributed by atoms with van der Waals surface area (Å²) in [6.07, 6.45) is 0.773. The van der Waals surface area contributed by atoms with E-state index in [1.165, 1.54) is 34.2 Å². The van der Waals surface area contributed by atoms with E-state index in [0.717, 1.165) is 11.3 Å². The molecular weight excluding hydrogens is 602 g/mol. The highest BCUT2D eigenvalue weighted by molar-refractivity contribution is 7.16. The lowest BCUT2D eigenvalue weighted by atomic mass is 9.98. The Morgan fingerprint density at radius 2 is 1.84 bits per heavy atom. The molecule has 2 fully saturated rings. The van der Waals surface area contributed by atoms with E-state index in [1.54, 1.807) is 57.9 Å². The van der Waals surface area contributed by atoms with Gasteiger partial charge in [0.05, 0.1) is 28.8 Å². The van der Waals surface area contributed by atoms with Crippen LogP contribution in [0.2, 0.25) is 0 Å². The van der Waals surface area contributed by atoms with Crippen molar-refractivity contribution in [1.82, 2.24) is 30.1 Å². The third kappa shape index (κ3) is 5.96. The number of piperazine rings is 1. The fourth-order valence-electron chi connectivity index (χ4n) is 5.90. The summed E-state index contributed by atoms with van der Waals surface area (Å²) >= 11 is 1.16. The Balaban J connectivity index is 1.37. The van der Waals surface area contributed by atoms with E-state index in [4.69, 9.17) is 0 Å². The summed E-state index contributed by atoms with van der Waals surface area (Å²) < 4.78 is 29.2. The molecule has 4 amide bonds. The molecule has 0 aliphatic carbocycles. The van der Waals surface area contributed by atoms with Crippen LogP contribution in [0.15, 0.2) is 78.8 Å². The summed E-state index contributed by atoms with van der Waals surface area (Å²) in [5, 5.41) is 15.5. The number of urea groups is 1. The number of thiazole rings is 1. The van der Waals surface area contributed by atoms with Crippen LogP contribution < -0.4 is 5.32 Å². The minimum Gasteiger partial charge on any atom is -0.508 e. The van der Waals surface area contributed by atoms with Gasteiger partial charge in [-0.3, -0.25) is 9.59 Å². The van der Waals surface area contributed by atoms with Gasteiger partial charge in [0.2, 0.25) is 11.8 Å². The fourth-order valence-corrected chi connectivity index (χ4v) is 6.64. The van der Waals surface area contributed by atoms with Crippen LogP contribution in [0.3, 0.4) is 0 Å². The molecule has 3 heterocycles. The second-order valence-corrected chi connectivity index (χ2v) is 11.7. The molecule has 6 rings (SSSR count). The van der Waals surface area contributed by atoms with Gasteiger partial charge in [-0.15, -0.1) is 17.9 Å². The molecule has 2 atom stereocenters. The Morgan fingerprint density at radius 1 is 1.07 bits per heavy atom. The lowest BCUT2D eigenvalue weighted by molar-refractivity contribution is -0.189. The first kappa shape index (κ1) is 30.2. The SMILES string of the molecule is C=CCN1CC(=O)N2[C@@H](Cc3ccc(O)cc3)C(=O)N(Cc3ccc(F)c4scnc34)C[C@@H]2N1C(=O)NCc1ccccc1F. The van der Waals surface area contributed by atoms with Crippen LogP contribution in [-0.4, -0.2) is 79.6 Å². The number of phenolic OH excluding ortho intramolecular Hbond substituents is 1. The average molecular weight is 633 g/mol. The monoisotopic (exact) mass is 632 g/mol. The maximum atomic E-state index is 14.5. The summed E-state index contributed by atoms with van der Waals surface area (Å²) in [5.74, 6) is -1.51. The summed E-state index contributed by atoms with van der Waals surface area (Å²) in [7, 11) is 0. The normalized spacial score (nSPS) is 18.8. The summed E-state index contributed by atoms with van der Waals surface area (Å²) in [4.78, 5) is 49.1. The second kappa shape index (κ2) is 12.6. The molecule has 3 aromatic carbocycles. The maximum Gasteiger partial charge on any atom is 0.334 e. The van der Waals surface area contributed by atoms with Crippen molar-refractivity contribution in [2.75, 3.05) is 19.6 Å². The number of carbonyl (C=O) groups is 3. The van der Waals surface area contributed by atoms with Gasteiger partial charge in [0.1, 0.15) is 29.6 Å². The quantitative estimate of drug-likeness (QED) is 0.284. The van der Waals surface area contributed by atoms with Crippen LogP contribution in [0.4, 0.5) is 13.6 Å². The minimum absolute atomic E-state index is 0.0413. The zero-order valence-corrected chi connectivity index (χ0v) is 24.9. The molecule has 232 valence electrons. The van der Waals surface area contributed by atoms with Crippen molar-refractivity contribution >= 4 is 39.4 Å². The Kier molecular flexibility index (Phi) is 8.46. The first-order chi connectivity index (χ1) is 21.7. The predicted molar refractivity (Wildman–Crippen MR) is 163 cm³/mol. The van der Waals surface area contributed by atoms with Gasteiger partial charge in [-0.2, -0.15) is 0 Å². The number of aromatic hydroxyl groups is 1. The minimum atomic E-state index is -0.986. The molecule has 2 N–H and O–H groups in total. The lowest BCUT2D eigenvalue weighted by Crippen LogP contribution is -2.76. The first-order valence-electron chi connectivity index (χ1n) is 14.3. The number of benzene rings is 3. The molecule has 0 unspecified atom stereocenters. The standard InChI is InChI=1S/C32H30F2N6O4S/c1-2-13-38-18-28(42)39-26(14-20-7-10-23(41)11-8-20)31(43)37(16-22-9-12-25(34)30-29(22)36-19-45-30)17-27(39)40(38)32(44)35-15-21-5-3-4-6-24(21)33/h2-12,19,26-27,41H,1,13-18H2,(H,35,44)/t26-,27-/m0/s1. The van der Waals surface area contributed by atoms with E-state index in [-0.39, 0.29) is 56.7 Å². The molecule has 1 aromatic heterocycles. The Labute approximate surface area is 261 Å². The lowest BCUT2D eigenvalue weighted by Gasteiger charge is -2.55. The van der Waals surface area contributed by atoms with Gasteiger partial charge in [-0.05, 0) is 35.4 Å². The number of hydrogen-bond donors (Lipinski definition) is 2. The zero-order chi connectivity index (χ0) is 31.7. The Bertz CT molecular complexity index is 1770. The number of halogens is 2. The molecule has 45 heavy (non-hydrogen) atoms. The molecule has 13 heteroatoms. The highest BCUT2D eigenvalue weighted by atomic mass is 32.1. The fraction of sp³-hybridized carbons (Fsp3) is 0.250. The van der Waals surface area contributed by atoms with E-state index < -0.39 is 29.9 Å². The van der Waals surface area contributed by atoms with Crippen molar-refractivity contribution in [3.63, 3.8) is 0 Å². The van der Waals surface area contributed by atoms with E-state index in [1.807, 2.05) is 0 Å². The molecule has 0 saturated carbocycles. The van der Waals surface area contributed by atoms with Crippen LogP contribution in [0.25, 0.3) is 10.2 Å². The smallest absolute Gasteiger partial charge is 0.334 e. The molecule has 2 saturated heterocycles. The predicted octanol–water partition coefficient (Wildman–Crippen LogP) is 4.02. The number of amides is 4. The van der Waals surface area contributed by atoms with E-state index in [0.29, 0.717) is 26.9 Å². The number of rotatable bonds is 8. The molecule has 2 aliphatic rings. The zero-order valence-electron chi connectivity index (χ0n) is 24.1. The van der Waals surface area contributed by atoms with Crippen LogP contribution in [0.1, 0.15) is 16.7 Å². The number of nitrogens with zero attached hydrogens (tertiary/aromatic N) is 5.